The van der Waals surface area contributed by atoms with Crippen molar-refractivity contribution in [2.45, 2.75) is 0 Å². The molecule has 0 aliphatic carbocycles. The third-order valence-corrected chi connectivity index (χ3v) is 4.50. The van der Waals surface area contributed by atoms with Gasteiger partial charge in [0.05, 0.1) is 0 Å². The van der Waals surface area contributed by atoms with Gasteiger partial charge in [0.2, 0.25) is 0 Å². The predicted molar refractivity (Wildman–Crippen MR) is 101 cm³/mol. The van der Waals surface area contributed by atoms with Gasteiger partial charge in [0.15, 0.2) is 11.5 Å². The molecule has 124 valence electrons. The van der Waals surface area contributed by atoms with Crippen LogP contribution in [0.15, 0.2) is 93.8 Å². The van der Waals surface area contributed by atoms with Crippen molar-refractivity contribution in [2.75, 3.05) is 0 Å². The molecule has 5 rings (SSSR count). The van der Waals surface area contributed by atoms with E-state index in [-0.39, 0.29) is 17.3 Å². The van der Waals surface area contributed by atoms with E-state index in [9.17, 15) is 4.79 Å². The van der Waals surface area contributed by atoms with E-state index >= 15 is 0 Å². The average molecular weight is 338 g/mol. The van der Waals surface area contributed by atoms with Crippen LogP contribution in [0.5, 0.6) is 0 Å². The van der Waals surface area contributed by atoms with E-state index in [4.69, 9.17) is 8.83 Å². The molecule has 0 saturated carbocycles. The first-order valence-electron chi connectivity index (χ1n) is 8.40. The van der Waals surface area contributed by atoms with E-state index in [1.54, 1.807) is 12.1 Å². The van der Waals surface area contributed by atoms with Crippen LogP contribution in [0.4, 0.5) is 0 Å². The SMILES string of the molecule is O=C(c1cc2ccccc2o1)c1cc2cc(-c3ccccc3)ccc2o1. The molecule has 0 radical (unpaired) electrons. The topological polar surface area (TPSA) is 43.4 Å². The predicted octanol–water partition coefficient (Wildman–Crippen LogP) is 6.08. The Hall–Kier alpha value is -3.59. The minimum absolute atomic E-state index is 0.251. The number of rotatable bonds is 3. The number of fused-ring (bicyclic) bond motifs is 2. The van der Waals surface area contributed by atoms with E-state index in [2.05, 4.69) is 12.1 Å². The number of hydrogen-bond donors (Lipinski definition) is 0. The van der Waals surface area contributed by atoms with Gasteiger partial charge in [-0.3, -0.25) is 4.79 Å². The standard InChI is InChI=1S/C23H14O3/c24-23(21-13-17-8-4-5-9-19(17)25-21)22-14-18-12-16(10-11-20(18)26-22)15-6-2-1-3-7-15/h1-14H. The summed E-state index contributed by atoms with van der Waals surface area (Å²) in [5, 5.41) is 1.80. The first kappa shape index (κ1) is 14.7. The lowest BCUT2D eigenvalue weighted by Gasteiger charge is -2.00. The maximum atomic E-state index is 12.8. The Kier molecular flexibility index (Phi) is 3.25. The van der Waals surface area contributed by atoms with Crippen molar-refractivity contribution < 1.29 is 13.6 Å². The van der Waals surface area contributed by atoms with Gasteiger partial charge in [-0.2, -0.15) is 0 Å². The van der Waals surface area contributed by atoms with Crippen molar-refractivity contribution in [3.63, 3.8) is 0 Å². The van der Waals surface area contributed by atoms with E-state index in [0.29, 0.717) is 11.2 Å². The Morgan fingerprint density at radius 1 is 0.577 bits per heavy atom. The molecule has 26 heavy (non-hydrogen) atoms. The van der Waals surface area contributed by atoms with Gasteiger partial charge in [0, 0.05) is 10.8 Å². The zero-order valence-electron chi connectivity index (χ0n) is 13.8. The van der Waals surface area contributed by atoms with E-state index in [1.165, 1.54) is 0 Å². The molecule has 5 aromatic rings. The number of carbonyl (C=O) groups excluding carboxylic acids is 1. The summed E-state index contributed by atoms with van der Waals surface area (Å²) in [6.45, 7) is 0. The first-order chi connectivity index (χ1) is 12.8. The van der Waals surface area contributed by atoms with Crippen molar-refractivity contribution in [3.05, 3.63) is 96.4 Å². The molecule has 0 spiro atoms. The molecule has 3 aromatic carbocycles. The van der Waals surface area contributed by atoms with Crippen molar-refractivity contribution >= 4 is 27.7 Å². The highest BCUT2D eigenvalue weighted by molar-refractivity contribution is 6.09. The van der Waals surface area contributed by atoms with Crippen LogP contribution in [0, 0.1) is 0 Å². The van der Waals surface area contributed by atoms with Gasteiger partial charge in [-0.25, -0.2) is 0 Å². The summed E-state index contributed by atoms with van der Waals surface area (Å²) in [5.74, 6) is 0.316. The van der Waals surface area contributed by atoms with Crippen LogP contribution < -0.4 is 0 Å². The summed E-state index contributed by atoms with van der Waals surface area (Å²) in [4.78, 5) is 12.8. The molecular formula is C23H14O3. The molecule has 3 nitrogen and oxygen atoms in total. The van der Waals surface area contributed by atoms with Gasteiger partial charge < -0.3 is 8.83 Å². The highest BCUT2D eigenvalue weighted by atomic mass is 16.4. The molecule has 0 N–H and O–H groups in total. The second-order valence-electron chi connectivity index (χ2n) is 6.21. The summed E-state index contributed by atoms with van der Waals surface area (Å²) in [6.07, 6.45) is 0. The van der Waals surface area contributed by atoms with Gasteiger partial charge in [-0.15, -0.1) is 0 Å². The molecule has 0 atom stereocenters. The number of para-hydroxylation sites is 1. The molecule has 0 unspecified atom stereocenters. The quantitative estimate of drug-likeness (QED) is 0.375. The highest BCUT2D eigenvalue weighted by Crippen LogP contribution is 2.28. The lowest BCUT2D eigenvalue weighted by atomic mass is 10.0. The molecule has 0 fully saturated rings. The molecule has 3 heteroatoms. The van der Waals surface area contributed by atoms with Crippen LogP contribution >= 0.6 is 0 Å². The lowest BCUT2D eigenvalue weighted by Crippen LogP contribution is -1.96. The molecular weight excluding hydrogens is 324 g/mol. The van der Waals surface area contributed by atoms with Gasteiger partial charge in [-0.05, 0) is 41.5 Å². The molecule has 0 saturated heterocycles. The summed E-state index contributed by atoms with van der Waals surface area (Å²) in [7, 11) is 0. The summed E-state index contributed by atoms with van der Waals surface area (Å²) >= 11 is 0. The van der Waals surface area contributed by atoms with E-state index in [0.717, 1.165) is 21.9 Å². The van der Waals surface area contributed by atoms with Gasteiger partial charge in [0.1, 0.15) is 11.2 Å². The molecule has 2 heterocycles. The Labute approximate surface area is 149 Å². The maximum absolute atomic E-state index is 12.8. The van der Waals surface area contributed by atoms with Gasteiger partial charge >= 0.3 is 0 Å². The van der Waals surface area contributed by atoms with Crippen molar-refractivity contribution in [2.24, 2.45) is 0 Å². The average Bonchev–Trinajstić information content (AvgIpc) is 3.31. The lowest BCUT2D eigenvalue weighted by molar-refractivity contribution is 0.0987. The van der Waals surface area contributed by atoms with Gasteiger partial charge in [0.25, 0.3) is 5.78 Å². The number of benzene rings is 3. The molecule has 0 aliphatic heterocycles. The van der Waals surface area contributed by atoms with Crippen molar-refractivity contribution in [3.8, 4) is 11.1 Å². The zero-order valence-corrected chi connectivity index (χ0v) is 13.8. The monoisotopic (exact) mass is 338 g/mol. The smallest absolute Gasteiger partial charge is 0.263 e. The minimum Gasteiger partial charge on any atom is -0.452 e. The molecule has 2 aromatic heterocycles. The zero-order chi connectivity index (χ0) is 17.5. The third-order valence-electron chi connectivity index (χ3n) is 4.50. The normalized spacial score (nSPS) is 11.2. The highest BCUT2D eigenvalue weighted by Gasteiger charge is 2.19. The Morgan fingerprint density at radius 2 is 1.23 bits per heavy atom. The number of hydrogen-bond acceptors (Lipinski definition) is 3. The maximum Gasteiger partial charge on any atom is 0.263 e. The van der Waals surface area contributed by atoms with Crippen molar-refractivity contribution in [1.29, 1.82) is 0 Å². The number of carbonyl (C=O) groups is 1. The number of furan rings is 2. The van der Waals surface area contributed by atoms with Crippen LogP contribution in [-0.2, 0) is 0 Å². The first-order valence-corrected chi connectivity index (χ1v) is 8.40. The van der Waals surface area contributed by atoms with Crippen LogP contribution in [0.2, 0.25) is 0 Å². The Morgan fingerprint density at radius 3 is 2.00 bits per heavy atom. The van der Waals surface area contributed by atoms with Crippen LogP contribution in [-0.4, -0.2) is 5.78 Å². The second-order valence-corrected chi connectivity index (χ2v) is 6.21. The van der Waals surface area contributed by atoms with Crippen LogP contribution in [0.3, 0.4) is 0 Å². The fourth-order valence-electron chi connectivity index (χ4n) is 3.18. The van der Waals surface area contributed by atoms with E-state index in [1.807, 2.05) is 60.7 Å². The largest absolute Gasteiger partial charge is 0.452 e. The fourth-order valence-corrected chi connectivity index (χ4v) is 3.18. The van der Waals surface area contributed by atoms with Gasteiger partial charge in [-0.1, -0.05) is 54.6 Å². The Bertz CT molecular complexity index is 1210. The third kappa shape index (κ3) is 2.42. The summed E-state index contributed by atoms with van der Waals surface area (Å²) in [5.41, 5.74) is 3.59. The molecule has 0 amide bonds. The summed E-state index contributed by atoms with van der Waals surface area (Å²) in [6, 6.07) is 27.1. The fraction of sp³-hybridized carbons (Fsp3) is 0. The van der Waals surface area contributed by atoms with Crippen molar-refractivity contribution in [1.82, 2.24) is 0 Å². The second kappa shape index (κ2) is 5.74. The van der Waals surface area contributed by atoms with Crippen LogP contribution in [0.1, 0.15) is 16.3 Å². The summed E-state index contributed by atoms with van der Waals surface area (Å²) < 4.78 is 11.4. The molecule has 0 bridgehead atoms. The van der Waals surface area contributed by atoms with Crippen LogP contribution in [0.25, 0.3) is 33.1 Å². The van der Waals surface area contributed by atoms with E-state index < -0.39 is 0 Å². The number of ketones is 1. The minimum atomic E-state index is -0.251. The molecule has 0 aliphatic rings. The Balaban J connectivity index is 1.55.